The maximum Gasteiger partial charge on any atom is 0.417 e. The van der Waals surface area contributed by atoms with E-state index in [1.165, 1.54) is 30.9 Å². The number of benzene rings is 2. The maximum atomic E-state index is 13.5. The summed E-state index contributed by atoms with van der Waals surface area (Å²) < 4.78 is 46.4. The Morgan fingerprint density at radius 1 is 1.11 bits per heavy atom. The van der Waals surface area contributed by atoms with Crippen molar-refractivity contribution in [1.29, 1.82) is 5.26 Å². The van der Waals surface area contributed by atoms with E-state index in [0.29, 0.717) is 21.0 Å². The van der Waals surface area contributed by atoms with Gasteiger partial charge < -0.3 is 9.64 Å². The third-order valence-corrected chi connectivity index (χ3v) is 6.29. The number of carbonyl (C=O) groups excluding carboxylic acids is 3. The van der Waals surface area contributed by atoms with Crippen LogP contribution in [0.3, 0.4) is 0 Å². The predicted octanol–water partition coefficient (Wildman–Crippen LogP) is 6.04. The number of carbonyl (C=O) groups is 3. The summed E-state index contributed by atoms with van der Waals surface area (Å²) >= 11 is 3.38. The molecule has 1 aliphatic rings. The van der Waals surface area contributed by atoms with Gasteiger partial charge in [-0.2, -0.15) is 18.4 Å². The van der Waals surface area contributed by atoms with Crippen molar-refractivity contribution in [2.75, 3.05) is 4.90 Å². The summed E-state index contributed by atoms with van der Waals surface area (Å²) in [6.45, 7) is 8.02. The van der Waals surface area contributed by atoms with Gasteiger partial charge in [0.25, 0.3) is 5.91 Å². The molecule has 0 radical (unpaired) electrons. The number of nitrogens with zero attached hydrogens (tertiary/aromatic N) is 3. The van der Waals surface area contributed by atoms with Crippen molar-refractivity contribution in [2.45, 2.75) is 58.5 Å². The molecule has 0 N–H and O–H groups in total. The van der Waals surface area contributed by atoms with E-state index in [9.17, 15) is 27.6 Å². The molecule has 11 heteroatoms. The van der Waals surface area contributed by atoms with E-state index in [1.54, 1.807) is 32.9 Å². The van der Waals surface area contributed by atoms with Gasteiger partial charge in [-0.05, 0) is 76.6 Å². The van der Waals surface area contributed by atoms with E-state index in [4.69, 9.17) is 10.00 Å². The Morgan fingerprint density at radius 3 is 2.31 bits per heavy atom. The van der Waals surface area contributed by atoms with Gasteiger partial charge in [0.2, 0.25) is 0 Å². The first-order valence-corrected chi connectivity index (χ1v) is 11.6. The summed E-state index contributed by atoms with van der Waals surface area (Å²) in [7, 11) is 0. The Labute approximate surface area is 214 Å². The number of hydrogen-bond donors (Lipinski definition) is 0. The summed E-state index contributed by atoms with van der Waals surface area (Å²) in [4.78, 5) is 40.9. The second kappa shape index (κ2) is 9.24. The van der Waals surface area contributed by atoms with E-state index in [1.807, 2.05) is 0 Å². The van der Waals surface area contributed by atoms with Crippen molar-refractivity contribution >= 4 is 39.5 Å². The van der Waals surface area contributed by atoms with E-state index in [0.717, 1.165) is 12.1 Å². The van der Waals surface area contributed by atoms with Crippen molar-refractivity contribution in [2.24, 2.45) is 0 Å². The van der Waals surface area contributed by atoms with E-state index in [2.05, 4.69) is 15.9 Å². The lowest BCUT2D eigenvalue weighted by Crippen LogP contribution is -2.43. The first-order valence-electron chi connectivity index (χ1n) is 10.8. The summed E-state index contributed by atoms with van der Waals surface area (Å²) in [6.07, 6.45) is -4.85. The second-order valence-electron chi connectivity index (χ2n) is 9.72. The molecule has 0 unspecified atom stereocenters. The molecule has 0 saturated carbocycles. The lowest BCUT2D eigenvalue weighted by Gasteiger charge is -2.28. The molecule has 1 heterocycles. The van der Waals surface area contributed by atoms with E-state index >= 15 is 0 Å². The van der Waals surface area contributed by atoms with Gasteiger partial charge in [0.05, 0.1) is 28.4 Å². The smallest absolute Gasteiger partial charge is 0.417 e. The predicted molar refractivity (Wildman–Crippen MR) is 128 cm³/mol. The molecule has 0 atom stereocenters. The van der Waals surface area contributed by atoms with Crippen molar-refractivity contribution in [1.82, 2.24) is 4.90 Å². The number of rotatable bonds is 4. The van der Waals surface area contributed by atoms with Gasteiger partial charge in [0, 0.05) is 11.0 Å². The van der Waals surface area contributed by atoms with Crippen LogP contribution in [0.1, 0.15) is 61.7 Å². The van der Waals surface area contributed by atoms with Crippen LogP contribution in [0.5, 0.6) is 0 Å². The Bertz CT molecular complexity index is 1290. The van der Waals surface area contributed by atoms with Gasteiger partial charge in [0.1, 0.15) is 11.1 Å². The van der Waals surface area contributed by atoms with Crippen LogP contribution in [0.4, 0.5) is 23.7 Å². The molecule has 190 valence electrons. The van der Waals surface area contributed by atoms with Gasteiger partial charge in [-0.15, -0.1) is 0 Å². The number of esters is 1. The SMILES string of the molecule is CC(C)(C)OC(=O)c1ccc(Br)c(CN2C(=O)N(c3ccc(C#N)c(C(F)(F)F)c3)C(=O)C2(C)C)c1. The highest BCUT2D eigenvalue weighted by Gasteiger charge is 2.52. The molecule has 2 aromatic carbocycles. The van der Waals surface area contributed by atoms with Crippen LogP contribution in [0.25, 0.3) is 0 Å². The topological polar surface area (TPSA) is 90.7 Å². The normalized spacial score (nSPS) is 15.8. The van der Waals surface area contributed by atoms with E-state index < -0.39 is 46.4 Å². The Balaban J connectivity index is 1.99. The number of hydrogen-bond acceptors (Lipinski definition) is 5. The standard InChI is InChI=1S/C25H23BrF3N3O4/c1-23(2,3)36-20(33)14-7-9-19(26)16(10-14)13-31-22(35)32(21(34)24(31,4)5)17-8-6-15(12-30)18(11-17)25(27,28)29/h6-11H,13H2,1-5H3. The molecular formula is C25H23BrF3N3O4. The zero-order chi connectivity index (χ0) is 27.2. The number of alkyl halides is 3. The highest BCUT2D eigenvalue weighted by molar-refractivity contribution is 9.10. The Hall–Kier alpha value is -3.39. The molecule has 1 saturated heterocycles. The fourth-order valence-electron chi connectivity index (χ4n) is 3.66. The fourth-order valence-corrected chi connectivity index (χ4v) is 4.03. The molecule has 0 aliphatic carbocycles. The summed E-state index contributed by atoms with van der Waals surface area (Å²) in [5.41, 5.74) is -3.57. The highest BCUT2D eigenvalue weighted by Crippen LogP contribution is 2.38. The number of anilines is 1. The first-order chi connectivity index (χ1) is 16.5. The molecule has 1 aliphatic heterocycles. The van der Waals surface area contributed by atoms with Gasteiger partial charge in [0.15, 0.2) is 0 Å². The molecule has 2 aromatic rings. The van der Waals surface area contributed by atoms with Crippen molar-refractivity contribution in [3.63, 3.8) is 0 Å². The first kappa shape index (κ1) is 27.2. The minimum atomic E-state index is -4.85. The monoisotopic (exact) mass is 565 g/mol. The molecule has 3 amide bonds. The van der Waals surface area contributed by atoms with Crippen LogP contribution in [-0.2, 0) is 22.3 Å². The number of urea groups is 1. The summed E-state index contributed by atoms with van der Waals surface area (Å²) in [5.74, 6) is -1.30. The van der Waals surface area contributed by atoms with Crippen LogP contribution in [0, 0.1) is 11.3 Å². The maximum absolute atomic E-state index is 13.5. The van der Waals surface area contributed by atoms with Gasteiger partial charge in [-0.3, -0.25) is 4.79 Å². The number of nitriles is 1. The number of halogens is 4. The zero-order valence-electron chi connectivity index (χ0n) is 20.2. The lowest BCUT2D eigenvalue weighted by molar-refractivity contribution is -0.137. The third-order valence-electron chi connectivity index (χ3n) is 5.52. The van der Waals surface area contributed by atoms with Crippen molar-refractivity contribution in [3.8, 4) is 6.07 Å². The van der Waals surface area contributed by atoms with Crippen LogP contribution in [0.15, 0.2) is 40.9 Å². The van der Waals surface area contributed by atoms with Crippen molar-refractivity contribution < 1.29 is 32.3 Å². The van der Waals surface area contributed by atoms with Crippen LogP contribution >= 0.6 is 15.9 Å². The second-order valence-corrected chi connectivity index (χ2v) is 10.6. The molecule has 0 bridgehead atoms. The van der Waals surface area contributed by atoms with Crippen molar-refractivity contribution in [3.05, 3.63) is 63.1 Å². The van der Waals surface area contributed by atoms with Crippen LogP contribution < -0.4 is 4.90 Å². The number of amides is 3. The molecule has 3 rings (SSSR count). The fraction of sp³-hybridized carbons (Fsp3) is 0.360. The molecular weight excluding hydrogens is 543 g/mol. The minimum absolute atomic E-state index is 0.117. The van der Waals surface area contributed by atoms with Gasteiger partial charge in [-0.25, -0.2) is 14.5 Å². The number of ether oxygens (including phenoxy) is 1. The van der Waals surface area contributed by atoms with Gasteiger partial charge >= 0.3 is 18.2 Å². The molecule has 0 spiro atoms. The summed E-state index contributed by atoms with van der Waals surface area (Å²) in [6, 6.07) is 7.99. The van der Waals surface area contributed by atoms with Crippen LogP contribution in [0.2, 0.25) is 0 Å². The zero-order valence-corrected chi connectivity index (χ0v) is 21.7. The molecule has 0 aromatic heterocycles. The molecule has 36 heavy (non-hydrogen) atoms. The third kappa shape index (κ3) is 5.23. The summed E-state index contributed by atoms with van der Waals surface area (Å²) in [5, 5.41) is 9.04. The Kier molecular flexibility index (Phi) is 6.98. The Morgan fingerprint density at radius 2 is 1.75 bits per heavy atom. The van der Waals surface area contributed by atoms with Gasteiger partial charge in [-0.1, -0.05) is 15.9 Å². The largest absolute Gasteiger partial charge is 0.456 e. The highest BCUT2D eigenvalue weighted by atomic mass is 79.9. The lowest BCUT2D eigenvalue weighted by atomic mass is 10.0. The van der Waals surface area contributed by atoms with E-state index in [-0.39, 0.29) is 17.8 Å². The minimum Gasteiger partial charge on any atom is -0.456 e. The number of imide groups is 1. The average Bonchev–Trinajstić information content (AvgIpc) is 2.92. The average molecular weight is 566 g/mol. The molecule has 1 fully saturated rings. The quantitative estimate of drug-likeness (QED) is 0.333. The molecule has 7 nitrogen and oxygen atoms in total. The van der Waals surface area contributed by atoms with Crippen LogP contribution in [-0.4, -0.2) is 33.9 Å².